The van der Waals surface area contributed by atoms with Crippen LogP contribution in [0, 0.1) is 19.7 Å². The molecule has 0 radical (unpaired) electrons. The van der Waals surface area contributed by atoms with Gasteiger partial charge in [0.05, 0.1) is 24.6 Å². The lowest BCUT2D eigenvalue weighted by Crippen LogP contribution is -2.37. The first-order valence-electron chi connectivity index (χ1n) is 10.2. The predicted octanol–water partition coefficient (Wildman–Crippen LogP) is 3.75. The van der Waals surface area contributed by atoms with Crippen molar-refractivity contribution >= 4 is 28.7 Å². The second kappa shape index (κ2) is 9.54. The van der Waals surface area contributed by atoms with Gasteiger partial charge in [-0.1, -0.05) is 11.6 Å². The Kier molecular flexibility index (Phi) is 6.57. The van der Waals surface area contributed by atoms with E-state index in [-0.39, 0.29) is 0 Å². The van der Waals surface area contributed by atoms with Crippen molar-refractivity contribution in [3.8, 4) is 11.3 Å². The number of benzene rings is 1. The summed E-state index contributed by atoms with van der Waals surface area (Å²) in [5.41, 5.74) is 3.22. The van der Waals surface area contributed by atoms with Gasteiger partial charge in [-0.3, -0.25) is 4.68 Å². The molecule has 0 bridgehead atoms. The number of hydrogen-bond acceptors (Lipinski definition) is 7. The normalized spacial score (nSPS) is 13.7. The van der Waals surface area contributed by atoms with Crippen LogP contribution in [0.15, 0.2) is 36.7 Å². The molecule has 3 aromatic heterocycles. The fourth-order valence-electron chi connectivity index (χ4n) is 3.22. The number of morpholine rings is 1. The minimum Gasteiger partial charge on any atom is -0.378 e. The summed E-state index contributed by atoms with van der Waals surface area (Å²) in [5.74, 6) is 0.0492. The van der Waals surface area contributed by atoms with Crippen molar-refractivity contribution in [1.29, 1.82) is 0 Å². The molecule has 1 saturated heterocycles. The molecule has 0 spiro atoms. The Hall–Kier alpha value is -3.17. The summed E-state index contributed by atoms with van der Waals surface area (Å²) in [6, 6.07) is 6.41. The van der Waals surface area contributed by atoms with Crippen LogP contribution in [-0.4, -0.2) is 56.0 Å². The lowest BCUT2D eigenvalue weighted by Gasteiger charge is -2.27. The third-order valence-electron chi connectivity index (χ3n) is 5.05. The number of fused-ring (bicyclic) bond motifs is 1. The number of ether oxygens (including phenoxy) is 1. The lowest BCUT2D eigenvalue weighted by atomic mass is 10.1. The quantitative estimate of drug-likeness (QED) is 0.455. The molecule has 0 N–H and O–H groups in total. The molecule has 10 heteroatoms. The van der Waals surface area contributed by atoms with Crippen LogP contribution in [-0.2, 0) is 11.8 Å². The second-order valence-electron chi connectivity index (χ2n) is 7.34. The van der Waals surface area contributed by atoms with Gasteiger partial charge in [-0.15, -0.1) is 0 Å². The van der Waals surface area contributed by atoms with E-state index < -0.39 is 5.82 Å². The summed E-state index contributed by atoms with van der Waals surface area (Å²) in [7, 11) is 1.89. The van der Waals surface area contributed by atoms with Gasteiger partial charge < -0.3 is 9.64 Å². The number of aromatic nitrogens is 6. The molecule has 32 heavy (non-hydrogen) atoms. The van der Waals surface area contributed by atoms with Gasteiger partial charge >= 0.3 is 0 Å². The number of hydrogen-bond donors (Lipinski definition) is 0. The molecule has 1 aromatic carbocycles. The first-order chi connectivity index (χ1) is 15.4. The van der Waals surface area contributed by atoms with Crippen LogP contribution in [0.4, 0.5) is 10.3 Å². The zero-order valence-electron chi connectivity index (χ0n) is 18.1. The lowest BCUT2D eigenvalue weighted by molar-refractivity contribution is 0.122. The summed E-state index contributed by atoms with van der Waals surface area (Å²) in [6.45, 7) is 6.29. The van der Waals surface area contributed by atoms with E-state index in [1.165, 1.54) is 6.07 Å². The molecule has 1 aliphatic rings. The fraction of sp³-hybridized carbons (Fsp3) is 0.318. The Morgan fingerprint density at radius 3 is 2.41 bits per heavy atom. The van der Waals surface area contributed by atoms with Crippen LogP contribution < -0.4 is 4.90 Å². The van der Waals surface area contributed by atoms with Crippen LogP contribution in [0.25, 0.3) is 22.4 Å². The smallest absolute Gasteiger partial charge is 0.228 e. The SMILES string of the molecule is Cc1nc2nc(N3CCOCC3)nc(-c3ccc(Cl)cc3F)c2nc1C.Cn1cccn1. The molecule has 1 aliphatic heterocycles. The average Bonchev–Trinajstić information content (AvgIpc) is 3.26. The molecule has 0 amide bonds. The first kappa shape index (κ1) is 22.0. The minimum absolute atomic E-state index is 0.328. The highest BCUT2D eigenvalue weighted by molar-refractivity contribution is 6.30. The molecule has 4 aromatic rings. The summed E-state index contributed by atoms with van der Waals surface area (Å²) in [5, 5.41) is 4.16. The standard InChI is InChI=1S/C18H17ClFN5O.C4H6N2/c1-10-11(2)22-17-16(21-10)15(13-4-3-12(19)9-14(13)20)23-18(24-17)25-5-7-26-8-6-25;1-6-4-2-3-5-6/h3-4,9H,5-8H2,1-2H3;2-4H,1H3. The van der Waals surface area contributed by atoms with Crippen molar-refractivity contribution in [2.45, 2.75) is 13.8 Å². The van der Waals surface area contributed by atoms with E-state index >= 15 is 0 Å². The molecular formula is C22H23ClFN7O. The van der Waals surface area contributed by atoms with Crippen LogP contribution in [0.1, 0.15) is 11.4 Å². The first-order valence-corrected chi connectivity index (χ1v) is 10.5. The van der Waals surface area contributed by atoms with Crippen LogP contribution in [0.2, 0.25) is 5.02 Å². The number of halogens is 2. The van der Waals surface area contributed by atoms with Gasteiger partial charge in [-0.2, -0.15) is 10.1 Å². The van der Waals surface area contributed by atoms with Crippen LogP contribution >= 0.6 is 11.6 Å². The third kappa shape index (κ3) is 4.84. The molecule has 8 nitrogen and oxygen atoms in total. The van der Waals surface area contributed by atoms with Gasteiger partial charge in [-0.05, 0) is 38.1 Å². The number of nitrogens with zero attached hydrogens (tertiary/aromatic N) is 7. The largest absolute Gasteiger partial charge is 0.378 e. The maximum absolute atomic E-state index is 14.6. The molecule has 166 valence electrons. The van der Waals surface area contributed by atoms with E-state index in [1.807, 2.05) is 38.1 Å². The summed E-state index contributed by atoms with van der Waals surface area (Å²) in [6.07, 6.45) is 3.64. The molecular weight excluding hydrogens is 433 g/mol. The van der Waals surface area contributed by atoms with Crippen molar-refractivity contribution < 1.29 is 9.13 Å². The zero-order chi connectivity index (χ0) is 22.7. The third-order valence-corrected chi connectivity index (χ3v) is 5.28. The Morgan fingerprint density at radius 2 is 1.78 bits per heavy atom. The minimum atomic E-state index is -0.453. The van der Waals surface area contributed by atoms with Gasteiger partial charge in [-0.25, -0.2) is 19.3 Å². The van der Waals surface area contributed by atoms with Crippen molar-refractivity contribution in [3.05, 3.63) is 58.9 Å². The monoisotopic (exact) mass is 455 g/mol. The molecule has 4 heterocycles. The van der Waals surface area contributed by atoms with Crippen molar-refractivity contribution in [1.82, 2.24) is 29.7 Å². The van der Waals surface area contributed by atoms with E-state index in [0.717, 1.165) is 11.4 Å². The molecule has 0 unspecified atom stereocenters. The van der Waals surface area contributed by atoms with Gasteiger partial charge in [0.2, 0.25) is 5.95 Å². The summed E-state index contributed by atoms with van der Waals surface area (Å²) >= 11 is 5.90. The Balaban J connectivity index is 0.000000354. The molecule has 0 saturated carbocycles. The van der Waals surface area contributed by atoms with E-state index in [1.54, 1.807) is 23.0 Å². The maximum Gasteiger partial charge on any atom is 0.228 e. The van der Waals surface area contributed by atoms with Gasteiger partial charge in [0.15, 0.2) is 5.65 Å². The van der Waals surface area contributed by atoms with Crippen molar-refractivity contribution in [2.75, 3.05) is 31.2 Å². The van der Waals surface area contributed by atoms with Crippen molar-refractivity contribution in [2.24, 2.45) is 7.05 Å². The average molecular weight is 456 g/mol. The van der Waals surface area contributed by atoms with Gasteiger partial charge in [0.25, 0.3) is 0 Å². The molecule has 5 rings (SSSR count). The zero-order valence-corrected chi connectivity index (χ0v) is 18.8. The van der Waals surface area contributed by atoms with Crippen LogP contribution in [0.3, 0.4) is 0 Å². The molecule has 0 aliphatic carbocycles. The Labute approximate surface area is 190 Å². The highest BCUT2D eigenvalue weighted by Crippen LogP contribution is 2.30. The van der Waals surface area contributed by atoms with E-state index in [0.29, 0.717) is 59.7 Å². The van der Waals surface area contributed by atoms with E-state index in [2.05, 4.69) is 25.0 Å². The topological polar surface area (TPSA) is 81.9 Å². The van der Waals surface area contributed by atoms with Crippen molar-refractivity contribution in [3.63, 3.8) is 0 Å². The van der Waals surface area contributed by atoms with E-state index in [9.17, 15) is 4.39 Å². The Bertz CT molecular complexity index is 1230. The number of rotatable bonds is 2. The maximum atomic E-state index is 14.6. The predicted molar refractivity (Wildman–Crippen MR) is 121 cm³/mol. The van der Waals surface area contributed by atoms with Gasteiger partial charge in [0.1, 0.15) is 17.0 Å². The highest BCUT2D eigenvalue weighted by Gasteiger charge is 2.21. The highest BCUT2D eigenvalue weighted by atomic mass is 35.5. The molecule has 0 atom stereocenters. The summed E-state index contributed by atoms with van der Waals surface area (Å²) in [4.78, 5) is 20.3. The fourth-order valence-corrected chi connectivity index (χ4v) is 3.38. The molecule has 1 fully saturated rings. The Morgan fingerprint density at radius 1 is 1.03 bits per heavy atom. The van der Waals surface area contributed by atoms with Crippen LogP contribution in [0.5, 0.6) is 0 Å². The summed E-state index contributed by atoms with van der Waals surface area (Å²) < 4.78 is 21.7. The second-order valence-corrected chi connectivity index (χ2v) is 7.78. The number of anilines is 1. The number of aryl methyl sites for hydroxylation is 3. The van der Waals surface area contributed by atoms with Gasteiger partial charge in [0, 0.05) is 43.1 Å². The van der Waals surface area contributed by atoms with E-state index in [4.69, 9.17) is 16.3 Å².